The van der Waals surface area contributed by atoms with E-state index in [9.17, 15) is 4.79 Å². The number of halogens is 1. The van der Waals surface area contributed by atoms with Crippen molar-refractivity contribution in [3.05, 3.63) is 24.3 Å². The third-order valence-electron chi connectivity index (χ3n) is 2.46. The van der Waals surface area contributed by atoms with Gasteiger partial charge < -0.3 is 15.8 Å². The highest BCUT2D eigenvalue weighted by molar-refractivity contribution is 7.99. The quantitative estimate of drug-likeness (QED) is 0.812. The van der Waals surface area contributed by atoms with Crippen LogP contribution in [0, 0.1) is 0 Å². The minimum absolute atomic E-state index is 0. The molecule has 0 saturated carbocycles. The molecular weight excluding hydrogens is 284 g/mol. The van der Waals surface area contributed by atoms with Gasteiger partial charge in [-0.1, -0.05) is 6.92 Å². The average molecular weight is 305 g/mol. The molecule has 1 unspecified atom stereocenters. The Labute approximate surface area is 124 Å². The van der Waals surface area contributed by atoms with E-state index in [1.165, 1.54) is 0 Å². The summed E-state index contributed by atoms with van der Waals surface area (Å²) in [5.74, 6) is 0.802. The summed E-state index contributed by atoms with van der Waals surface area (Å²) in [4.78, 5) is 11.9. The highest BCUT2D eigenvalue weighted by Gasteiger charge is 2.14. The van der Waals surface area contributed by atoms with Gasteiger partial charge in [0.15, 0.2) is 0 Å². The zero-order valence-corrected chi connectivity index (χ0v) is 12.9. The lowest BCUT2D eigenvalue weighted by atomic mass is 10.2. The van der Waals surface area contributed by atoms with Crippen LogP contribution in [0.15, 0.2) is 24.3 Å². The summed E-state index contributed by atoms with van der Waals surface area (Å²) in [7, 11) is 0. The lowest BCUT2D eigenvalue weighted by molar-refractivity contribution is -0.115. The van der Waals surface area contributed by atoms with Crippen molar-refractivity contribution in [3.63, 3.8) is 0 Å². The van der Waals surface area contributed by atoms with Crippen LogP contribution in [0.3, 0.4) is 0 Å². The zero-order valence-electron chi connectivity index (χ0n) is 11.2. The molecule has 0 aromatic heterocycles. The number of carbonyl (C=O) groups is 1. The summed E-state index contributed by atoms with van der Waals surface area (Å²) in [6.45, 7) is 2.99. The monoisotopic (exact) mass is 304 g/mol. The maximum atomic E-state index is 11.9. The fourth-order valence-corrected chi connectivity index (χ4v) is 2.10. The first-order chi connectivity index (χ1) is 8.71. The second-order valence-corrected chi connectivity index (χ2v) is 4.82. The van der Waals surface area contributed by atoms with Crippen molar-refractivity contribution in [2.75, 3.05) is 24.7 Å². The molecule has 0 radical (unpaired) electrons. The van der Waals surface area contributed by atoms with Crippen molar-refractivity contribution in [1.29, 1.82) is 0 Å². The maximum absolute atomic E-state index is 11.9. The van der Waals surface area contributed by atoms with E-state index in [0.29, 0.717) is 13.2 Å². The number of ether oxygens (including phenoxy) is 1. The fraction of sp³-hybridized carbons (Fsp3) is 0.462. The van der Waals surface area contributed by atoms with Crippen LogP contribution >= 0.6 is 24.2 Å². The highest BCUT2D eigenvalue weighted by Crippen LogP contribution is 2.18. The van der Waals surface area contributed by atoms with Gasteiger partial charge in [-0.05, 0) is 36.9 Å². The Balaban J connectivity index is 0.00000324. The Hall–Kier alpha value is -0.910. The Morgan fingerprint density at radius 2 is 2.05 bits per heavy atom. The molecule has 0 aliphatic carbocycles. The molecule has 1 atom stereocenters. The van der Waals surface area contributed by atoms with Gasteiger partial charge in [-0.2, -0.15) is 11.8 Å². The fourth-order valence-electron chi connectivity index (χ4n) is 1.49. The normalized spacial score (nSPS) is 11.3. The topological polar surface area (TPSA) is 64.3 Å². The number of hydrogen-bond donors (Lipinski definition) is 2. The first kappa shape index (κ1) is 18.1. The average Bonchev–Trinajstić information content (AvgIpc) is 2.39. The Morgan fingerprint density at radius 3 is 2.53 bits per heavy atom. The molecule has 1 rings (SSSR count). The lowest BCUT2D eigenvalue weighted by Crippen LogP contribution is -2.24. The van der Waals surface area contributed by atoms with Crippen molar-refractivity contribution < 1.29 is 9.53 Å². The van der Waals surface area contributed by atoms with Crippen LogP contribution in [-0.4, -0.2) is 30.6 Å². The number of carbonyl (C=O) groups excluding carboxylic acids is 1. The number of amides is 1. The second-order valence-electron chi connectivity index (χ2n) is 3.78. The molecule has 0 fully saturated rings. The first-order valence-corrected chi connectivity index (χ1v) is 7.26. The molecule has 3 N–H and O–H groups in total. The number of rotatable bonds is 7. The molecule has 0 spiro atoms. The summed E-state index contributed by atoms with van der Waals surface area (Å²) in [6.07, 6.45) is 2.77. The van der Waals surface area contributed by atoms with Crippen LogP contribution in [-0.2, 0) is 4.79 Å². The third-order valence-corrected chi connectivity index (χ3v) is 3.57. The van der Waals surface area contributed by atoms with E-state index in [1.807, 2.05) is 37.4 Å². The predicted molar refractivity (Wildman–Crippen MR) is 84.5 cm³/mol. The van der Waals surface area contributed by atoms with Crippen LogP contribution in [0.25, 0.3) is 0 Å². The van der Waals surface area contributed by atoms with Crippen LogP contribution in [0.4, 0.5) is 5.69 Å². The van der Waals surface area contributed by atoms with Crippen molar-refractivity contribution in [2.24, 2.45) is 5.73 Å². The van der Waals surface area contributed by atoms with E-state index < -0.39 is 0 Å². The Kier molecular flexibility index (Phi) is 9.47. The molecular formula is C13H21ClN2O2S. The third kappa shape index (κ3) is 6.18. The number of benzene rings is 1. The number of hydrogen-bond acceptors (Lipinski definition) is 4. The molecule has 19 heavy (non-hydrogen) atoms. The van der Waals surface area contributed by atoms with Gasteiger partial charge in [0.1, 0.15) is 12.4 Å². The molecule has 0 aliphatic heterocycles. The number of anilines is 1. The molecule has 108 valence electrons. The van der Waals surface area contributed by atoms with Crippen molar-refractivity contribution in [2.45, 2.75) is 18.6 Å². The van der Waals surface area contributed by atoms with Crippen molar-refractivity contribution in [3.8, 4) is 5.75 Å². The van der Waals surface area contributed by atoms with Crippen LogP contribution in [0.1, 0.15) is 13.3 Å². The molecule has 6 heteroatoms. The molecule has 0 heterocycles. The molecule has 0 bridgehead atoms. The number of thioether (sulfide) groups is 1. The van der Waals surface area contributed by atoms with Gasteiger partial charge in [0.25, 0.3) is 0 Å². The minimum Gasteiger partial charge on any atom is -0.492 e. The maximum Gasteiger partial charge on any atom is 0.237 e. The Bertz CT molecular complexity index is 369. The van der Waals surface area contributed by atoms with Crippen molar-refractivity contribution in [1.82, 2.24) is 0 Å². The lowest BCUT2D eigenvalue weighted by Gasteiger charge is -2.12. The van der Waals surface area contributed by atoms with Crippen LogP contribution in [0.2, 0.25) is 0 Å². The van der Waals surface area contributed by atoms with Gasteiger partial charge in [0.05, 0.1) is 5.25 Å². The molecule has 0 saturated heterocycles. The van der Waals surface area contributed by atoms with E-state index in [-0.39, 0.29) is 23.6 Å². The molecule has 4 nitrogen and oxygen atoms in total. The summed E-state index contributed by atoms with van der Waals surface area (Å²) in [5, 5.41) is 2.89. The summed E-state index contributed by atoms with van der Waals surface area (Å²) in [5.41, 5.74) is 6.14. The summed E-state index contributed by atoms with van der Waals surface area (Å²) in [6, 6.07) is 7.31. The second kappa shape index (κ2) is 9.95. The standard InChI is InChI=1S/C13H20N2O2S.ClH/c1-3-12(18-2)13(16)15-10-4-6-11(7-5-10)17-9-8-14;/h4-7,12H,3,8-9,14H2,1-2H3,(H,15,16);1H. The predicted octanol–water partition coefficient (Wildman–Crippen LogP) is 2.53. The van der Waals surface area contributed by atoms with Crippen LogP contribution < -0.4 is 15.8 Å². The van der Waals surface area contributed by atoms with E-state index in [2.05, 4.69) is 5.32 Å². The van der Waals surface area contributed by atoms with Gasteiger partial charge >= 0.3 is 0 Å². The van der Waals surface area contributed by atoms with E-state index >= 15 is 0 Å². The van der Waals surface area contributed by atoms with Gasteiger partial charge in [-0.15, -0.1) is 12.4 Å². The zero-order chi connectivity index (χ0) is 13.4. The Morgan fingerprint density at radius 1 is 1.42 bits per heavy atom. The van der Waals surface area contributed by atoms with Gasteiger partial charge in [0.2, 0.25) is 5.91 Å². The minimum atomic E-state index is -0.00170. The van der Waals surface area contributed by atoms with Gasteiger partial charge in [0, 0.05) is 12.2 Å². The SMILES string of the molecule is CCC(SC)C(=O)Nc1ccc(OCCN)cc1.Cl. The van der Waals surface area contributed by atoms with Crippen LogP contribution in [0.5, 0.6) is 5.75 Å². The van der Waals surface area contributed by atoms with Crippen molar-refractivity contribution >= 4 is 35.8 Å². The largest absolute Gasteiger partial charge is 0.492 e. The molecule has 1 aromatic carbocycles. The number of nitrogens with one attached hydrogen (secondary N) is 1. The molecule has 1 aromatic rings. The van der Waals surface area contributed by atoms with Gasteiger partial charge in [-0.3, -0.25) is 4.79 Å². The van der Waals surface area contributed by atoms with E-state index in [4.69, 9.17) is 10.5 Å². The summed E-state index contributed by atoms with van der Waals surface area (Å²) < 4.78 is 5.36. The molecule has 1 amide bonds. The smallest absolute Gasteiger partial charge is 0.237 e. The van der Waals surface area contributed by atoms with E-state index in [0.717, 1.165) is 17.9 Å². The van der Waals surface area contributed by atoms with Gasteiger partial charge in [-0.25, -0.2) is 0 Å². The summed E-state index contributed by atoms with van der Waals surface area (Å²) >= 11 is 1.56. The first-order valence-electron chi connectivity index (χ1n) is 5.97. The highest BCUT2D eigenvalue weighted by atomic mass is 35.5. The number of nitrogens with two attached hydrogens (primary N) is 1. The van der Waals surface area contributed by atoms with E-state index in [1.54, 1.807) is 11.8 Å². The molecule has 0 aliphatic rings.